The van der Waals surface area contributed by atoms with E-state index in [1.165, 1.54) is 18.7 Å². The van der Waals surface area contributed by atoms with Crippen LogP contribution >= 0.6 is 27.7 Å². The molecular formula is C14H13BrF3N3OS. The third-order valence-electron chi connectivity index (χ3n) is 3.08. The van der Waals surface area contributed by atoms with Crippen LogP contribution < -0.4 is 5.32 Å². The van der Waals surface area contributed by atoms with Crippen LogP contribution in [0.15, 0.2) is 33.6 Å². The first-order valence-electron chi connectivity index (χ1n) is 6.47. The van der Waals surface area contributed by atoms with Crippen molar-refractivity contribution in [3.05, 3.63) is 40.1 Å². The molecule has 0 aliphatic heterocycles. The maximum absolute atomic E-state index is 12.8. The second-order valence-corrected chi connectivity index (χ2v) is 6.29. The molecule has 9 heteroatoms. The van der Waals surface area contributed by atoms with E-state index >= 15 is 0 Å². The second kappa shape index (κ2) is 6.96. The highest BCUT2D eigenvalue weighted by molar-refractivity contribution is 9.10. The summed E-state index contributed by atoms with van der Waals surface area (Å²) in [5, 5.41) is 6.17. The molecule has 2 aromatic rings. The molecule has 4 nitrogen and oxygen atoms in total. The van der Waals surface area contributed by atoms with E-state index in [0.29, 0.717) is 5.69 Å². The normalized spacial score (nSPS) is 11.6. The maximum atomic E-state index is 12.8. The van der Waals surface area contributed by atoms with Crippen molar-refractivity contribution in [3.63, 3.8) is 0 Å². The van der Waals surface area contributed by atoms with Crippen molar-refractivity contribution in [3.8, 4) is 0 Å². The number of amides is 1. The number of hydrogen-bond acceptors (Lipinski definition) is 3. The monoisotopic (exact) mass is 407 g/mol. The lowest BCUT2D eigenvalue weighted by Gasteiger charge is -2.10. The van der Waals surface area contributed by atoms with Crippen molar-refractivity contribution < 1.29 is 18.0 Å². The SMILES string of the molecule is CSc1ccccc1NC(=O)Cn1nc(C(F)(F)F)c(Br)c1C. The molecule has 1 aromatic carbocycles. The van der Waals surface area contributed by atoms with E-state index in [1.54, 1.807) is 12.1 Å². The highest BCUT2D eigenvalue weighted by Crippen LogP contribution is 2.35. The predicted molar refractivity (Wildman–Crippen MR) is 86.5 cm³/mol. The van der Waals surface area contributed by atoms with Crippen molar-refractivity contribution in [1.82, 2.24) is 9.78 Å². The van der Waals surface area contributed by atoms with Gasteiger partial charge < -0.3 is 5.32 Å². The molecule has 1 N–H and O–H groups in total. The number of para-hydroxylation sites is 1. The highest BCUT2D eigenvalue weighted by atomic mass is 79.9. The number of halogens is 4. The van der Waals surface area contributed by atoms with Gasteiger partial charge in [0, 0.05) is 4.90 Å². The minimum Gasteiger partial charge on any atom is -0.323 e. The molecule has 124 valence electrons. The van der Waals surface area contributed by atoms with Crippen molar-refractivity contribution in [2.75, 3.05) is 11.6 Å². The molecule has 1 amide bonds. The summed E-state index contributed by atoms with van der Waals surface area (Å²) < 4.78 is 39.3. The van der Waals surface area contributed by atoms with E-state index in [0.717, 1.165) is 9.58 Å². The summed E-state index contributed by atoms with van der Waals surface area (Å²) in [7, 11) is 0. The zero-order valence-electron chi connectivity index (χ0n) is 12.2. The number of benzene rings is 1. The van der Waals surface area contributed by atoms with Gasteiger partial charge in [-0.25, -0.2) is 0 Å². The average Bonchev–Trinajstić information content (AvgIpc) is 2.76. The number of rotatable bonds is 4. The third-order valence-corrected chi connectivity index (χ3v) is 4.82. The molecule has 1 aromatic heterocycles. The maximum Gasteiger partial charge on any atom is 0.436 e. The minimum atomic E-state index is -4.57. The average molecular weight is 408 g/mol. The number of nitrogens with one attached hydrogen (secondary N) is 1. The topological polar surface area (TPSA) is 46.9 Å². The Bertz CT molecular complexity index is 731. The van der Waals surface area contributed by atoms with Gasteiger partial charge >= 0.3 is 6.18 Å². The van der Waals surface area contributed by atoms with Gasteiger partial charge in [-0.2, -0.15) is 18.3 Å². The largest absolute Gasteiger partial charge is 0.436 e. The van der Waals surface area contributed by atoms with Crippen LogP contribution in [-0.2, 0) is 17.5 Å². The minimum absolute atomic E-state index is 0.151. The summed E-state index contributed by atoms with van der Waals surface area (Å²) in [6.07, 6.45) is -2.70. The number of anilines is 1. The molecule has 0 aliphatic carbocycles. The number of carbonyl (C=O) groups is 1. The number of hydrogen-bond donors (Lipinski definition) is 1. The highest BCUT2D eigenvalue weighted by Gasteiger charge is 2.38. The summed E-state index contributed by atoms with van der Waals surface area (Å²) in [4.78, 5) is 13.0. The molecule has 23 heavy (non-hydrogen) atoms. The Hall–Kier alpha value is -1.48. The quantitative estimate of drug-likeness (QED) is 0.767. The summed E-state index contributed by atoms with van der Waals surface area (Å²) in [5.74, 6) is -0.446. The molecule has 2 rings (SSSR count). The van der Waals surface area contributed by atoms with Crippen molar-refractivity contribution >= 4 is 39.3 Å². The van der Waals surface area contributed by atoms with E-state index in [-0.39, 0.29) is 16.7 Å². The van der Waals surface area contributed by atoms with Crippen LogP contribution in [-0.4, -0.2) is 21.9 Å². The second-order valence-electron chi connectivity index (χ2n) is 4.65. The lowest BCUT2D eigenvalue weighted by Crippen LogP contribution is -2.21. The number of thioether (sulfide) groups is 1. The molecule has 0 atom stereocenters. The molecule has 1 heterocycles. The third kappa shape index (κ3) is 4.08. The molecule has 0 spiro atoms. The van der Waals surface area contributed by atoms with E-state index < -0.39 is 17.8 Å². The van der Waals surface area contributed by atoms with Gasteiger partial charge in [0.1, 0.15) is 6.54 Å². The van der Waals surface area contributed by atoms with Gasteiger partial charge in [0.25, 0.3) is 0 Å². The van der Waals surface area contributed by atoms with Crippen LogP contribution in [0.4, 0.5) is 18.9 Å². The number of alkyl halides is 3. The van der Waals surface area contributed by atoms with Crippen molar-refractivity contribution in [2.45, 2.75) is 24.5 Å². The molecule has 0 saturated carbocycles. The lowest BCUT2D eigenvalue weighted by atomic mass is 10.3. The Morgan fingerprint density at radius 1 is 1.39 bits per heavy atom. The van der Waals surface area contributed by atoms with Gasteiger partial charge in [0.05, 0.1) is 15.9 Å². The van der Waals surface area contributed by atoms with Crippen LogP contribution in [0, 0.1) is 6.92 Å². The fraction of sp³-hybridized carbons (Fsp3) is 0.286. The summed E-state index contributed by atoms with van der Waals surface area (Å²) in [6, 6.07) is 7.19. The summed E-state index contributed by atoms with van der Waals surface area (Å²) >= 11 is 4.34. The Morgan fingerprint density at radius 3 is 2.61 bits per heavy atom. The van der Waals surface area contributed by atoms with E-state index in [4.69, 9.17) is 0 Å². The van der Waals surface area contributed by atoms with Gasteiger partial charge in [-0.15, -0.1) is 11.8 Å². The predicted octanol–water partition coefficient (Wildman–Crippen LogP) is 4.33. The number of carbonyl (C=O) groups excluding carboxylic acids is 1. The first-order valence-corrected chi connectivity index (χ1v) is 8.48. The Kier molecular flexibility index (Phi) is 5.41. The van der Waals surface area contributed by atoms with E-state index in [1.807, 2.05) is 18.4 Å². The standard InChI is InChI=1S/C14H13BrF3N3OS/c1-8-12(15)13(14(16,17)18)20-21(8)7-11(22)19-9-5-3-4-6-10(9)23-2/h3-6H,7H2,1-2H3,(H,19,22). The molecule has 0 unspecified atom stereocenters. The van der Waals surface area contributed by atoms with Crippen LogP contribution in [0.1, 0.15) is 11.4 Å². The summed E-state index contributed by atoms with van der Waals surface area (Å²) in [6.45, 7) is 1.17. The first kappa shape index (κ1) is 17.9. The van der Waals surface area contributed by atoms with Gasteiger partial charge in [-0.1, -0.05) is 12.1 Å². The van der Waals surface area contributed by atoms with Gasteiger partial charge in [0.2, 0.25) is 5.91 Å². The fourth-order valence-corrected chi connectivity index (χ4v) is 3.00. The van der Waals surface area contributed by atoms with Crippen molar-refractivity contribution in [1.29, 1.82) is 0 Å². The van der Waals surface area contributed by atoms with Crippen LogP contribution in [0.25, 0.3) is 0 Å². The first-order chi connectivity index (χ1) is 10.7. The molecule has 0 bridgehead atoms. The number of nitrogens with zero attached hydrogens (tertiary/aromatic N) is 2. The molecule has 0 saturated heterocycles. The Balaban J connectivity index is 2.18. The molecular weight excluding hydrogens is 395 g/mol. The molecule has 0 fully saturated rings. The van der Waals surface area contributed by atoms with Crippen molar-refractivity contribution in [2.24, 2.45) is 0 Å². The Morgan fingerprint density at radius 2 is 2.04 bits per heavy atom. The Labute approximate surface area is 143 Å². The van der Waals surface area contributed by atoms with E-state index in [9.17, 15) is 18.0 Å². The zero-order chi connectivity index (χ0) is 17.2. The van der Waals surface area contributed by atoms with Crippen LogP contribution in [0.3, 0.4) is 0 Å². The molecule has 0 aliphatic rings. The van der Waals surface area contributed by atoms with Gasteiger partial charge in [0.15, 0.2) is 5.69 Å². The van der Waals surface area contributed by atoms with Gasteiger partial charge in [-0.05, 0) is 41.2 Å². The van der Waals surface area contributed by atoms with E-state index in [2.05, 4.69) is 26.3 Å². The molecule has 0 radical (unpaired) electrons. The fourth-order valence-electron chi connectivity index (χ4n) is 1.93. The smallest absolute Gasteiger partial charge is 0.323 e. The number of aromatic nitrogens is 2. The summed E-state index contributed by atoms with van der Waals surface area (Å²) in [5.41, 5.74) is -0.178. The van der Waals surface area contributed by atoms with Gasteiger partial charge in [-0.3, -0.25) is 9.48 Å². The lowest BCUT2D eigenvalue weighted by molar-refractivity contribution is -0.142. The zero-order valence-corrected chi connectivity index (χ0v) is 14.6. The van der Waals surface area contributed by atoms with Crippen LogP contribution in [0.5, 0.6) is 0 Å². The van der Waals surface area contributed by atoms with Crippen LogP contribution in [0.2, 0.25) is 0 Å².